The summed E-state index contributed by atoms with van der Waals surface area (Å²) in [4.78, 5) is 24.2. The molecule has 0 spiro atoms. The first-order valence-corrected chi connectivity index (χ1v) is 15.6. The molecule has 2 aromatic rings. The summed E-state index contributed by atoms with van der Waals surface area (Å²) in [5, 5.41) is 6.13. The molecule has 40 heavy (non-hydrogen) atoms. The van der Waals surface area contributed by atoms with E-state index in [-0.39, 0.29) is 23.8 Å². The van der Waals surface area contributed by atoms with Gasteiger partial charge in [0, 0.05) is 17.3 Å². The number of unbranched alkanes of at least 4 members (excludes halogenated alkanes) is 7. The highest BCUT2D eigenvalue weighted by Crippen LogP contribution is 2.34. The van der Waals surface area contributed by atoms with E-state index in [9.17, 15) is 9.59 Å². The summed E-state index contributed by atoms with van der Waals surface area (Å²) in [6.45, 7) is 6.40. The molecule has 3 rings (SSSR count). The smallest absolute Gasteiger partial charge is 0.306 e. The maximum Gasteiger partial charge on any atom is 0.306 e. The normalized spacial score (nSPS) is 15.2. The second-order valence-electron chi connectivity index (χ2n) is 11.2. The molecule has 1 heterocycles. The standard InChI is InChI=1S/C32H42BrClN2O4/c1-32(2,3)40-31(38)12-10-8-6-4-5-7-9-11-21-39-27-19-15-25(16-20-27)29-22-28(35-36(29)30(37)23-34)24-13-17-26(33)18-14-24/h13-20,29H,4-12,21-23H2,1-3H3. The van der Waals surface area contributed by atoms with Gasteiger partial charge < -0.3 is 9.47 Å². The van der Waals surface area contributed by atoms with Gasteiger partial charge in [0.2, 0.25) is 0 Å². The van der Waals surface area contributed by atoms with Crippen LogP contribution in [0.1, 0.15) is 102 Å². The average Bonchev–Trinajstić information content (AvgIpc) is 3.36. The van der Waals surface area contributed by atoms with Gasteiger partial charge in [-0.05, 0) is 69.0 Å². The number of carbonyl (C=O) groups excluding carboxylic acids is 2. The SMILES string of the molecule is CC(C)(C)OC(=O)CCCCCCCCCCOc1ccc(C2CC(c3ccc(Br)cc3)=NN2C(=O)CCl)cc1. The van der Waals surface area contributed by atoms with Gasteiger partial charge in [0.05, 0.1) is 18.4 Å². The molecule has 0 fully saturated rings. The van der Waals surface area contributed by atoms with Gasteiger partial charge in [-0.15, -0.1) is 11.6 Å². The Balaban J connectivity index is 1.32. The highest BCUT2D eigenvalue weighted by atomic mass is 79.9. The third kappa shape index (κ3) is 10.9. The van der Waals surface area contributed by atoms with Crippen molar-refractivity contribution in [2.75, 3.05) is 12.5 Å². The minimum Gasteiger partial charge on any atom is -0.494 e. The maximum absolute atomic E-state index is 12.5. The van der Waals surface area contributed by atoms with Crippen LogP contribution in [0.4, 0.5) is 0 Å². The number of esters is 1. The van der Waals surface area contributed by atoms with Gasteiger partial charge in [-0.3, -0.25) is 9.59 Å². The van der Waals surface area contributed by atoms with E-state index in [1.165, 1.54) is 24.3 Å². The summed E-state index contributed by atoms with van der Waals surface area (Å²) in [7, 11) is 0. The zero-order valence-corrected chi connectivity index (χ0v) is 26.3. The first-order chi connectivity index (χ1) is 19.2. The Morgan fingerprint density at radius 2 is 1.52 bits per heavy atom. The summed E-state index contributed by atoms with van der Waals surface area (Å²) in [5.74, 6) is 0.419. The Morgan fingerprint density at radius 3 is 2.12 bits per heavy atom. The van der Waals surface area contributed by atoms with Gasteiger partial charge >= 0.3 is 5.97 Å². The van der Waals surface area contributed by atoms with Crippen LogP contribution in [0.15, 0.2) is 58.1 Å². The Labute approximate surface area is 252 Å². The highest BCUT2D eigenvalue weighted by Gasteiger charge is 2.32. The quantitative estimate of drug-likeness (QED) is 0.112. The lowest BCUT2D eigenvalue weighted by atomic mass is 9.98. The molecule has 0 aliphatic carbocycles. The van der Waals surface area contributed by atoms with Crippen molar-refractivity contribution in [2.45, 2.75) is 96.6 Å². The zero-order valence-electron chi connectivity index (χ0n) is 24.0. The number of benzene rings is 2. The molecule has 6 nitrogen and oxygen atoms in total. The van der Waals surface area contributed by atoms with Crippen LogP contribution in [0, 0.1) is 0 Å². The third-order valence-electron chi connectivity index (χ3n) is 6.69. The molecule has 0 aromatic heterocycles. The lowest BCUT2D eigenvalue weighted by molar-refractivity contribution is -0.154. The van der Waals surface area contributed by atoms with Gasteiger partial charge in [0.15, 0.2) is 0 Å². The number of carbonyl (C=O) groups is 2. The Hall–Kier alpha value is -2.38. The van der Waals surface area contributed by atoms with E-state index >= 15 is 0 Å². The maximum atomic E-state index is 12.5. The molecule has 0 bridgehead atoms. The first kappa shape index (κ1) is 32.1. The van der Waals surface area contributed by atoms with Crippen molar-refractivity contribution in [2.24, 2.45) is 5.10 Å². The predicted molar refractivity (Wildman–Crippen MR) is 165 cm³/mol. The van der Waals surface area contributed by atoms with Gasteiger partial charge in [-0.2, -0.15) is 5.10 Å². The van der Waals surface area contributed by atoms with Crippen LogP contribution in [0.2, 0.25) is 0 Å². The Morgan fingerprint density at radius 1 is 0.925 bits per heavy atom. The second-order valence-corrected chi connectivity index (χ2v) is 12.4. The van der Waals surface area contributed by atoms with E-state index in [0.717, 1.165) is 59.2 Å². The van der Waals surface area contributed by atoms with Crippen molar-refractivity contribution in [3.8, 4) is 5.75 Å². The van der Waals surface area contributed by atoms with Gasteiger partial charge in [-0.1, -0.05) is 78.7 Å². The monoisotopic (exact) mass is 632 g/mol. The van der Waals surface area contributed by atoms with Crippen LogP contribution >= 0.6 is 27.5 Å². The van der Waals surface area contributed by atoms with Crippen molar-refractivity contribution in [1.82, 2.24) is 5.01 Å². The van der Waals surface area contributed by atoms with Crippen molar-refractivity contribution in [1.29, 1.82) is 0 Å². The molecule has 1 aliphatic heterocycles. The molecule has 1 amide bonds. The summed E-state index contributed by atoms with van der Waals surface area (Å²) in [6.07, 6.45) is 10.1. The number of halogens is 2. The fourth-order valence-corrected chi connectivity index (χ4v) is 5.07. The molecule has 0 saturated carbocycles. The van der Waals surface area contributed by atoms with E-state index in [0.29, 0.717) is 19.4 Å². The van der Waals surface area contributed by atoms with E-state index in [1.807, 2.05) is 69.3 Å². The minimum atomic E-state index is -0.394. The van der Waals surface area contributed by atoms with Crippen LogP contribution in [0.5, 0.6) is 5.75 Å². The second kappa shape index (κ2) is 16.2. The van der Waals surface area contributed by atoms with Crippen LogP contribution in [-0.4, -0.2) is 40.7 Å². The topological polar surface area (TPSA) is 68.2 Å². The molecule has 0 N–H and O–H groups in total. The molecule has 0 saturated heterocycles. The molecule has 0 radical (unpaired) electrons. The van der Waals surface area contributed by atoms with Crippen LogP contribution in [0.25, 0.3) is 0 Å². The molecule has 1 atom stereocenters. The van der Waals surface area contributed by atoms with Crippen molar-refractivity contribution >= 4 is 45.1 Å². The van der Waals surface area contributed by atoms with E-state index in [1.54, 1.807) is 0 Å². The van der Waals surface area contributed by atoms with Crippen molar-refractivity contribution in [3.05, 3.63) is 64.1 Å². The number of amides is 1. The molecule has 1 unspecified atom stereocenters. The molecule has 2 aromatic carbocycles. The number of alkyl halides is 1. The van der Waals surface area contributed by atoms with Gasteiger partial charge in [0.1, 0.15) is 17.2 Å². The fraction of sp³-hybridized carbons (Fsp3) is 0.531. The molecule has 8 heteroatoms. The van der Waals surface area contributed by atoms with Crippen molar-refractivity contribution < 1.29 is 19.1 Å². The first-order valence-electron chi connectivity index (χ1n) is 14.3. The number of hydrogen-bond acceptors (Lipinski definition) is 5. The largest absolute Gasteiger partial charge is 0.494 e. The van der Waals surface area contributed by atoms with E-state index < -0.39 is 5.60 Å². The Bertz CT molecular complexity index is 1110. The van der Waals surface area contributed by atoms with Gasteiger partial charge in [0.25, 0.3) is 5.91 Å². The van der Waals surface area contributed by atoms with Crippen LogP contribution in [0.3, 0.4) is 0 Å². The fourth-order valence-electron chi connectivity index (χ4n) is 4.68. The van der Waals surface area contributed by atoms with Crippen LogP contribution < -0.4 is 4.74 Å². The number of nitrogens with zero attached hydrogens (tertiary/aromatic N) is 2. The van der Waals surface area contributed by atoms with Gasteiger partial charge in [-0.25, -0.2) is 5.01 Å². The summed E-state index contributed by atoms with van der Waals surface area (Å²) in [6, 6.07) is 15.7. The average molecular weight is 634 g/mol. The molecular formula is C32H42BrClN2O4. The molecular weight excluding hydrogens is 592 g/mol. The third-order valence-corrected chi connectivity index (χ3v) is 7.44. The number of hydrogen-bond donors (Lipinski definition) is 0. The minimum absolute atomic E-state index is 0.0936. The summed E-state index contributed by atoms with van der Waals surface area (Å²) < 4.78 is 12.3. The number of rotatable bonds is 15. The highest BCUT2D eigenvalue weighted by molar-refractivity contribution is 9.10. The van der Waals surface area contributed by atoms with Crippen LogP contribution in [-0.2, 0) is 14.3 Å². The predicted octanol–water partition coefficient (Wildman–Crippen LogP) is 8.60. The molecule has 1 aliphatic rings. The number of hydrazone groups is 1. The molecule has 218 valence electrons. The summed E-state index contributed by atoms with van der Waals surface area (Å²) >= 11 is 9.34. The van der Waals surface area contributed by atoms with E-state index in [2.05, 4.69) is 21.0 Å². The zero-order chi connectivity index (χ0) is 29.0. The lowest BCUT2D eigenvalue weighted by Crippen LogP contribution is -2.27. The summed E-state index contributed by atoms with van der Waals surface area (Å²) in [5.41, 5.74) is 2.48. The van der Waals surface area contributed by atoms with E-state index in [4.69, 9.17) is 21.1 Å². The van der Waals surface area contributed by atoms with Crippen molar-refractivity contribution in [3.63, 3.8) is 0 Å². The lowest BCUT2D eigenvalue weighted by Gasteiger charge is -2.21. The Kier molecular flexibility index (Phi) is 13.0. The number of ether oxygens (including phenoxy) is 2.